The van der Waals surface area contributed by atoms with Crippen LogP contribution < -0.4 is 0 Å². The first-order chi connectivity index (χ1) is 9.36. The number of aryl methyl sites for hydroxylation is 1. The van der Waals surface area contributed by atoms with Crippen molar-refractivity contribution in [3.05, 3.63) is 33.4 Å². The van der Waals surface area contributed by atoms with Gasteiger partial charge in [-0.25, -0.2) is 8.42 Å². The van der Waals surface area contributed by atoms with Crippen molar-refractivity contribution in [2.24, 2.45) is 0 Å². The fraction of sp³-hybridized carbons (Fsp3) is 0.538. The van der Waals surface area contributed by atoms with Gasteiger partial charge in [-0.05, 0) is 39.3 Å². The van der Waals surface area contributed by atoms with Crippen LogP contribution in [-0.2, 0) is 10.0 Å². The van der Waals surface area contributed by atoms with Crippen molar-refractivity contribution in [3.63, 3.8) is 0 Å². The minimum absolute atomic E-state index is 0.115. The van der Waals surface area contributed by atoms with Crippen LogP contribution in [0.4, 0.5) is 5.69 Å². The quantitative estimate of drug-likeness (QED) is 0.657. The summed E-state index contributed by atoms with van der Waals surface area (Å²) < 4.78 is 25.9. The molecule has 1 rings (SSSR count). The van der Waals surface area contributed by atoms with Gasteiger partial charge in [0.2, 0.25) is 10.0 Å². The number of benzene rings is 1. The van der Waals surface area contributed by atoms with Gasteiger partial charge in [-0.1, -0.05) is 0 Å². The Kier molecular flexibility index (Phi) is 4.76. The van der Waals surface area contributed by atoms with Crippen molar-refractivity contribution in [2.45, 2.75) is 38.2 Å². The highest BCUT2D eigenvalue weighted by molar-refractivity contribution is 7.89. The smallest absolute Gasteiger partial charge is 0.273 e. The Morgan fingerprint density at radius 2 is 1.86 bits per heavy atom. The minimum atomic E-state index is -3.90. The van der Waals surface area contributed by atoms with Gasteiger partial charge < -0.3 is 5.11 Å². The van der Waals surface area contributed by atoms with E-state index in [0.29, 0.717) is 11.1 Å². The van der Waals surface area contributed by atoms with Crippen LogP contribution in [0, 0.1) is 24.0 Å². The molecule has 0 bridgehead atoms. The van der Waals surface area contributed by atoms with Crippen molar-refractivity contribution in [3.8, 4) is 0 Å². The van der Waals surface area contributed by atoms with E-state index in [-0.39, 0.29) is 17.1 Å². The molecule has 0 saturated carbocycles. The molecule has 0 aromatic heterocycles. The molecule has 1 aromatic rings. The first kappa shape index (κ1) is 17.5. The molecule has 1 N–H and O–H groups in total. The van der Waals surface area contributed by atoms with Crippen LogP contribution in [0.15, 0.2) is 17.0 Å². The van der Waals surface area contributed by atoms with Crippen molar-refractivity contribution in [1.29, 1.82) is 0 Å². The molecule has 7 nitrogen and oxygen atoms in total. The lowest BCUT2D eigenvalue weighted by Gasteiger charge is -2.25. The van der Waals surface area contributed by atoms with E-state index in [2.05, 4.69) is 0 Å². The SMILES string of the molecule is Cc1cc(S(=O)(=O)N(C)CC(C)(C)O)cc([N+](=O)[O-])c1C. The molecule has 0 aliphatic rings. The molecule has 1 aromatic carbocycles. The van der Waals surface area contributed by atoms with Crippen LogP contribution in [0.5, 0.6) is 0 Å². The van der Waals surface area contributed by atoms with E-state index >= 15 is 0 Å². The van der Waals surface area contributed by atoms with Crippen molar-refractivity contribution in [2.75, 3.05) is 13.6 Å². The molecule has 0 amide bonds. The Morgan fingerprint density at radius 1 is 1.33 bits per heavy atom. The van der Waals surface area contributed by atoms with Gasteiger partial charge in [-0.3, -0.25) is 10.1 Å². The zero-order valence-corrected chi connectivity index (χ0v) is 13.6. The minimum Gasteiger partial charge on any atom is -0.389 e. The van der Waals surface area contributed by atoms with Crippen LogP contribution in [0.3, 0.4) is 0 Å². The van der Waals surface area contributed by atoms with E-state index in [0.717, 1.165) is 10.4 Å². The van der Waals surface area contributed by atoms with Crippen LogP contribution in [0.25, 0.3) is 0 Å². The van der Waals surface area contributed by atoms with Gasteiger partial charge in [0.1, 0.15) is 0 Å². The van der Waals surface area contributed by atoms with Crippen molar-refractivity contribution >= 4 is 15.7 Å². The van der Waals surface area contributed by atoms with Gasteiger partial charge in [0, 0.05) is 25.2 Å². The standard InChI is InChI=1S/C13H20N2O5S/c1-9-6-11(7-12(10(9)2)15(17)18)21(19,20)14(5)8-13(3,4)16/h6-7,16H,8H2,1-5H3. The van der Waals surface area contributed by atoms with Gasteiger partial charge in [-0.15, -0.1) is 0 Å². The number of likely N-dealkylation sites (N-methyl/N-ethyl adjacent to an activating group) is 1. The second-order valence-corrected chi connectivity index (χ2v) is 7.76. The maximum Gasteiger partial charge on any atom is 0.273 e. The Hall–Kier alpha value is -1.51. The molecule has 0 radical (unpaired) electrons. The number of hydrogen-bond acceptors (Lipinski definition) is 5. The first-order valence-electron chi connectivity index (χ1n) is 6.30. The summed E-state index contributed by atoms with van der Waals surface area (Å²) in [6.45, 7) is 6.06. The second kappa shape index (κ2) is 5.70. The lowest BCUT2D eigenvalue weighted by atomic mass is 10.1. The van der Waals surface area contributed by atoms with E-state index in [4.69, 9.17) is 0 Å². The Balaban J connectivity index is 3.36. The zero-order chi connectivity index (χ0) is 16.6. The van der Waals surface area contributed by atoms with E-state index in [1.54, 1.807) is 13.8 Å². The van der Waals surface area contributed by atoms with Gasteiger partial charge in [0.15, 0.2) is 0 Å². The molecule has 118 valence electrons. The molecule has 0 spiro atoms. The normalized spacial score (nSPS) is 12.7. The van der Waals surface area contributed by atoms with Crippen LogP contribution >= 0.6 is 0 Å². The third-order valence-corrected chi connectivity index (χ3v) is 4.91. The molecule has 21 heavy (non-hydrogen) atoms. The summed E-state index contributed by atoms with van der Waals surface area (Å²) in [5, 5.41) is 20.7. The summed E-state index contributed by atoms with van der Waals surface area (Å²) in [6, 6.07) is 2.46. The molecular formula is C13H20N2O5S. The van der Waals surface area contributed by atoms with E-state index in [1.807, 2.05) is 0 Å². The summed E-state index contributed by atoms with van der Waals surface area (Å²) in [5.74, 6) is 0. The van der Waals surface area contributed by atoms with Crippen LogP contribution in [-0.4, -0.2) is 41.9 Å². The Morgan fingerprint density at radius 3 is 2.29 bits per heavy atom. The summed E-state index contributed by atoms with van der Waals surface area (Å²) >= 11 is 0. The maximum atomic E-state index is 12.4. The van der Waals surface area contributed by atoms with E-state index in [1.165, 1.54) is 27.0 Å². The van der Waals surface area contributed by atoms with Gasteiger partial charge >= 0.3 is 0 Å². The highest BCUT2D eigenvalue weighted by Crippen LogP contribution is 2.27. The van der Waals surface area contributed by atoms with Crippen molar-refractivity contribution in [1.82, 2.24) is 4.31 Å². The zero-order valence-electron chi connectivity index (χ0n) is 12.7. The van der Waals surface area contributed by atoms with Crippen LogP contribution in [0.2, 0.25) is 0 Å². The Labute approximate surface area is 124 Å². The molecule has 0 saturated heterocycles. The number of nitro groups is 1. The fourth-order valence-electron chi connectivity index (χ4n) is 1.96. The lowest BCUT2D eigenvalue weighted by Crippen LogP contribution is -2.39. The molecule has 0 atom stereocenters. The topological polar surface area (TPSA) is 101 Å². The highest BCUT2D eigenvalue weighted by atomic mass is 32.2. The molecule has 8 heteroatoms. The van der Waals surface area contributed by atoms with E-state index in [9.17, 15) is 23.6 Å². The summed E-state index contributed by atoms with van der Waals surface area (Å²) in [6.07, 6.45) is 0. The number of aliphatic hydroxyl groups is 1. The number of hydrogen-bond donors (Lipinski definition) is 1. The summed E-state index contributed by atoms with van der Waals surface area (Å²) in [4.78, 5) is 10.3. The predicted octanol–water partition coefficient (Wildman–Crippen LogP) is 1.60. The fourth-order valence-corrected chi connectivity index (χ4v) is 3.39. The van der Waals surface area contributed by atoms with Gasteiger partial charge in [-0.2, -0.15) is 4.31 Å². The third-order valence-electron chi connectivity index (χ3n) is 3.13. The third kappa shape index (κ3) is 3.99. The second-order valence-electron chi connectivity index (χ2n) is 5.71. The number of sulfonamides is 1. The molecule has 0 fully saturated rings. The number of nitro benzene ring substituents is 1. The van der Waals surface area contributed by atoms with Crippen molar-refractivity contribution < 1.29 is 18.4 Å². The predicted molar refractivity (Wildman–Crippen MR) is 78.7 cm³/mol. The number of rotatable bonds is 5. The van der Waals surface area contributed by atoms with Gasteiger partial charge in [0.05, 0.1) is 15.4 Å². The summed E-state index contributed by atoms with van der Waals surface area (Å²) in [7, 11) is -2.57. The molecule has 0 heterocycles. The monoisotopic (exact) mass is 316 g/mol. The molecule has 0 aliphatic heterocycles. The molecular weight excluding hydrogens is 296 g/mol. The number of nitrogens with zero attached hydrogens (tertiary/aromatic N) is 2. The molecule has 0 aliphatic carbocycles. The van der Waals surface area contributed by atoms with Gasteiger partial charge in [0.25, 0.3) is 5.69 Å². The molecule has 0 unspecified atom stereocenters. The first-order valence-corrected chi connectivity index (χ1v) is 7.74. The summed E-state index contributed by atoms with van der Waals surface area (Å²) in [5.41, 5.74) is -0.471. The largest absolute Gasteiger partial charge is 0.389 e. The lowest BCUT2D eigenvalue weighted by molar-refractivity contribution is -0.385. The average Bonchev–Trinajstić information content (AvgIpc) is 2.29. The van der Waals surface area contributed by atoms with E-state index < -0.39 is 20.5 Å². The van der Waals surface area contributed by atoms with Crippen LogP contribution in [0.1, 0.15) is 25.0 Å². The maximum absolute atomic E-state index is 12.4. The Bertz CT molecular complexity index is 662. The average molecular weight is 316 g/mol. The highest BCUT2D eigenvalue weighted by Gasteiger charge is 2.28.